The molecule has 2 nitrogen and oxygen atoms in total. The molecule has 0 unspecified atom stereocenters. The zero-order chi connectivity index (χ0) is 8.23. The summed E-state index contributed by atoms with van der Waals surface area (Å²) < 4.78 is 11.1. The second-order valence-electron chi connectivity index (χ2n) is 3.48. The Hall–Kier alpha value is -0.340. The highest BCUT2D eigenvalue weighted by molar-refractivity contribution is 4.94. The van der Waals surface area contributed by atoms with Gasteiger partial charge in [-0.3, -0.25) is 0 Å². The van der Waals surface area contributed by atoms with E-state index < -0.39 is 0 Å². The SMILES string of the molecule is C1=C[C@H](O[C@H]2CCCO2)CCC1. The highest BCUT2D eigenvalue weighted by atomic mass is 16.7. The first kappa shape index (κ1) is 8.27. The smallest absolute Gasteiger partial charge is 0.158 e. The van der Waals surface area contributed by atoms with Gasteiger partial charge in [0.2, 0.25) is 0 Å². The Bertz CT molecular complexity index is 159. The highest BCUT2D eigenvalue weighted by Gasteiger charge is 2.20. The summed E-state index contributed by atoms with van der Waals surface area (Å²) in [5.74, 6) is 0. The number of rotatable bonds is 2. The molecule has 0 aromatic heterocycles. The third-order valence-electron chi connectivity index (χ3n) is 2.42. The van der Waals surface area contributed by atoms with Crippen LogP contribution in [0.5, 0.6) is 0 Å². The van der Waals surface area contributed by atoms with E-state index >= 15 is 0 Å². The Morgan fingerprint density at radius 2 is 2.25 bits per heavy atom. The minimum atomic E-state index is 0.0812. The normalized spacial score (nSPS) is 35.7. The zero-order valence-corrected chi connectivity index (χ0v) is 7.37. The van der Waals surface area contributed by atoms with Gasteiger partial charge in [0.25, 0.3) is 0 Å². The second kappa shape index (κ2) is 4.06. The molecule has 1 heterocycles. The molecule has 12 heavy (non-hydrogen) atoms. The van der Waals surface area contributed by atoms with Crippen LogP contribution in [-0.2, 0) is 9.47 Å². The minimum absolute atomic E-state index is 0.0812. The number of allylic oxidation sites excluding steroid dienone is 1. The number of hydrogen-bond acceptors (Lipinski definition) is 2. The van der Waals surface area contributed by atoms with Crippen molar-refractivity contribution < 1.29 is 9.47 Å². The standard InChI is InChI=1S/C10H16O2/c1-2-5-9(6-3-1)12-10-7-4-8-11-10/h2,5,9-10H,1,3-4,6-8H2/t9-,10-/m0/s1. The molecule has 2 aliphatic rings. The number of ether oxygens (including phenoxy) is 2. The van der Waals surface area contributed by atoms with Crippen LogP contribution in [0, 0.1) is 0 Å². The average Bonchev–Trinajstić information content (AvgIpc) is 2.59. The summed E-state index contributed by atoms with van der Waals surface area (Å²) in [5, 5.41) is 0. The van der Waals surface area contributed by atoms with Gasteiger partial charge < -0.3 is 9.47 Å². The van der Waals surface area contributed by atoms with Gasteiger partial charge >= 0.3 is 0 Å². The maximum atomic E-state index is 5.74. The summed E-state index contributed by atoms with van der Waals surface area (Å²) in [6, 6.07) is 0. The highest BCUT2D eigenvalue weighted by Crippen LogP contribution is 2.20. The van der Waals surface area contributed by atoms with Crippen molar-refractivity contribution in [2.24, 2.45) is 0 Å². The van der Waals surface area contributed by atoms with Gasteiger partial charge in [0.15, 0.2) is 6.29 Å². The zero-order valence-electron chi connectivity index (χ0n) is 7.37. The van der Waals surface area contributed by atoms with E-state index in [9.17, 15) is 0 Å². The van der Waals surface area contributed by atoms with E-state index in [2.05, 4.69) is 12.2 Å². The third kappa shape index (κ3) is 2.08. The molecule has 0 saturated carbocycles. The molecule has 1 saturated heterocycles. The quantitative estimate of drug-likeness (QED) is 0.589. The van der Waals surface area contributed by atoms with Crippen LogP contribution >= 0.6 is 0 Å². The van der Waals surface area contributed by atoms with E-state index in [4.69, 9.17) is 9.47 Å². The fourth-order valence-electron chi connectivity index (χ4n) is 1.74. The van der Waals surface area contributed by atoms with E-state index in [1.54, 1.807) is 0 Å². The summed E-state index contributed by atoms with van der Waals surface area (Å²) in [7, 11) is 0. The van der Waals surface area contributed by atoms with Crippen molar-refractivity contribution in [3.05, 3.63) is 12.2 Å². The average molecular weight is 168 g/mol. The summed E-state index contributed by atoms with van der Waals surface area (Å²) >= 11 is 0. The van der Waals surface area contributed by atoms with Crippen molar-refractivity contribution in [2.45, 2.75) is 44.5 Å². The van der Waals surface area contributed by atoms with E-state index in [0.717, 1.165) is 25.9 Å². The van der Waals surface area contributed by atoms with Crippen LogP contribution in [0.1, 0.15) is 32.1 Å². The van der Waals surface area contributed by atoms with E-state index in [0.29, 0.717) is 6.10 Å². The summed E-state index contributed by atoms with van der Waals surface area (Å²) in [6.07, 6.45) is 10.6. The van der Waals surface area contributed by atoms with Gasteiger partial charge in [-0.25, -0.2) is 0 Å². The molecule has 2 heteroatoms. The fourth-order valence-corrected chi connectivity index (χ4v) is 1.74. The van der Waals surface area contributed by atoms with Crippen LogP contribution in [0.25, 0.3) is 0 Å². The molecule has 0 aromatic rings. The Kier molecular flexibility index (Phi) is 2.79. The van der Waals surface area contributed by atoms with Gasteiger partial charge in [-0.2, -0.15) is 0 Å². The lowest BCUT2D eigenvalue weighted by atomic mass is 10.1. The van der Waals surface area contributed by atoms with E-state index in [-0.39, 0.29) is 6.29 Å². The van der Waals surface area contributed by atoms with Crippen molar-refractivity contribution in [3.63, 3.8) is 0 Å². The maximum Gasteiger partial charge on any atom is 0.158 e. The predicted molar refractivity (Wildman–Crippen MR) is 46.8 cm³/mol. The molecule has 1 fully saturated rings. The molecule has 68 valence electrons. The van der Waals surface area contributed by atoms with Crippen LogP contribution in [0.3, 0.4) is 0 Å². The molecule has 0 N–H and O–H groups in total. The van der Waals surface area contributed by atoms with Gasteiger partial charge in [0.1, 0.15) is 0 Å². The monoisotopic (exact) mass is 168 g/mol. The van der Waals surface area contributed by atoms with Gasteiger partial charge in [0, 0.05) is 13.0 Å². The minimum Gasteiger partial charge on any atom is -0.353 e. The molecular weight excluding hydrogens is 152 g/mol. The molecule has 0 radical (unpaired) electrons. The van der Waals surface area contributed by atoms with Crippen LogP contribution in [0.15, 0.2) is 12.2 Å². The molecule has 0 amide bonds. The molecule has 1 aliphatic carbocycles. The van der Waals surface area contributed by atoms with Crippen molar-refractivity contribution >= 4 is 0 Å². The Labute approximate surface area is 73.5 Å². The molecule has 0 bridgehead atoms. The van der Waals surface area contributed by atoms with Crippen molar-refractivity contribution in [1.29, 1.82) is 0 Å². The van der Waals surface area contributed by atoms with Crippen LogP contribution in [0.4, 0.5) is 0 Å². The van der Waals surface area contributed by atoms with Crippen molar-refractivity contribution in [2.75, 3.05) is 6.61 Å². The molecule has 0 spiro atoms. The van der Waals surface area contributed by atoms with E-state index in [1.165, 1.54) is 12.8 Å². The van der Waals surface area contributed by atoms with Gasteiger partial charge in [-0.15, -0.1) is 0 Å². The Morgan fingerprint density at radius 1 is 1.25 bits per heavy atom. The van der Waals surface area contributed by atoms with Crippen LogP contribution in [0.2, 0.25) is 0 Å². The van der Waals surface area contributed by atoms with Gasteiger partial charge in [-0.05, 0) is 25.7 Å². The second-order valence-corrected chi connectivity index (χ2v) is 3.48. The largest absolute Gasteiger partial charge is 0.353 e. The molecule has 0 aromatic carbocycles. The Balaban J connectivity index is 1.77. The fraction of sp³-hybridized carbons (Fsp3) is 0.800. The topological polar surface area (TPSA) is 18.5 Å². The van der Waals surface area contributed by atoms with Crippen molar-refractivity contribution in [1.82, 2.24) is 0 Å². The predicted octanol–water partition coefficient (Wildman–Crippen LogP) is 2.25. The third-order valence-corrected chi connectivity index (χ3v) is 2.42. The van der Waals surface area contributed by atoms with Crippen LogP contribution < -0.4 is 0 Å². The first-order chi connectivity index (χ1) is 5.95. The van der Waals surface area contributed by atoms with Gasteiger partial charge in [0.05, 0.1) is 6.10 Å². The van der Waals surface area contributed by atoms with Crippen LogP contribution in [-0.4, -0.2) is 19.0 Å². The number of hydrogen-bond donors (Lipinski definition) is 0. The molecule has 2 atom stereocenters. The molecule has 2 rings (SSSR count). The lowest BCUT2D eigenvalue weighted by Crippen LogP contribution is -2.20. The molecular formula is C10H16O2. The van der Waals surface area contributed by atoms with Gasteiger partial charge in [-0.1, -0.05) is 12.2 Å². The van der Waals surface area contributed by atoms with Crippen molar-refractivity contribution in [3.8, 4) is 0 Å². The maximum absolute atomic E-state index is 5.74. The lowest BCUT2D eigenvalue weighted by molar-refractivity contribution is -0.133. The Morgan fingerprint density at radius 3 is 2.92 bits per heavy atom. The summed E-state index contributed by atoms with van der Waals surface area (Å²) in [5.41, 5.74) is 0. The summed E-state index contributed by atoms with van der Waals surface area (Å²) in [6.45, 7) is 0.876. The molecule has 1 aliphatic heterocycles. The first-order valence-electron chi connectivity index (χ1n) is 4.89. The lowest BCUT2D eigenvalue weighted by Gasteiger charge is -2.20. The first-order valence-corrected chi connectivity index (χ1v) is 4.89. The van der Waals surface area contributed by atoms with E-state index in [1.807, 2.05) is 0 Å². The summed E-state index contributed by atoms with van der Waals surface area (Å²) in [4.78, 5) is 0.